The molecule has 1 atom stereocenters. The van der Waals surface area contributed by atoms with Crippen molar-refractivity contribution in [1.29, 1.82) is 0 Å². The number of halogens is 3. The van der Waals surface area contributed by atoms with Gasteiger partial charge in [0.25, 0.3) is 5.69 Å². The fourth-order valence-electron chi connectivity index (χ4n) is 1.33. The Morgan fingerprint density at radius 3 is 2.33 bits per heavy atom. The molecule has 0 aliphatic rings. The summed E-state index contributed by atoms with van der Waals surface area (Å²) >= 11 is 0. The van der Waals surface area contributed by atoms with Crippen LogP contribution in [0.2, 0.25) is 0 Å². The quantitative estimate of drug-likeness (QED) is 0.270. The minimum Gasteiger partial charge on any atom is -0.258 e. The third-order valence-electron chi connectivity index (χ3n) is 2.10. The van der Waals surface area contributed by atoms with Gasteiger partial charge in [0.05, 0.1) is 17.4 Å². The zero-order valence-corrected chi connectivity index (χ0v) is 8.83. The Labute approximate surface area is 98.8 Å². The van der Waals surface area contributed by atoms with Gasteiger partial charge in [0, 0.05) is 17.0 Å². The Balaban J connectivity index is 2.99. The monoisotopic (exact) mass is 260 g/mol. The average Bonchev–Trinajstić information content (AvgIpc) is 2.27. The summed E-state index contributed by atoms with van der Waals surface area (Å²) in [5.74, 6) is 0. The van der Waals surface area contributed by atoms with Crippen molar-refractivity contribution in [3.8, 4) is 0 Å². The number of benzene rings is 1. The van der Waals surface area contributed by atoms with E-state index in [4.69, 9.17) is 5.53 Å². The molecule has 0 heterocycles. The molecule has 18 heavy (non-hydrogen) atoms. The molecule has 0 radical (unpaired) electrons. The molecular formula is C9H7F3N4O2. The molecule has 6 nitrogen and oxygen atoms in total. The summed E-state index contributed by atoms with van der Waals surface area (Å²) in [6.45, 7) is 0. The van der Waals surface area contributed by atoms with Crippen molar-refractivity contribution in [3.63, 3.8) is 0 Å². The standard InChI is InChI=1S/C9H7F3N4O2/c10-9(11,12)5-8(14-15-13)6-1-3-7(4-2-6)16(17)18/h1-4,8H,5H2. The summed E-state index contributed by atoms with van der Waals surface area (Å²) in [4.78, 5) is 12.1. The lowest BCUT2D eigenvalue weighted by atomic mass is 10.0. The number of hydrogen-bond donors (Lipinski definition) is 0. The molecule has 0 aliphatic carbocycles. The first-order valence-corrected chi connectivity index (χ1v) is 4.69. The lowest BCUT2D eigenvalue weighted by Crippen LogP contribution is -2.12. The van der Waals surface area contributed by atoms with Gasteiger partial charge in [-0.25, -0.2) is 0 Å². The topological polar surface area (TPSA) is 91.9 Å². The van der Waals surface area contributed by atoms with E-state index < -0.39 is 23.6 Å². The number of nitrogens with zero attached hydrogens (tertiary/aromatic N) is 4. The molecule has 0 aromatic heterocycles. The molecule has 0 bridgehead atoms. The second kappa shape index (κ2) is 5.37. The van der Waals surface area contributed by atoms with E-state index in [1.165, 1.54) is 0 Å². The van der Waals surface area contributed by atoms with E-state index >= 15 is 0 Å². The summed E-state index contributed by atoms with van der Waals surface area (Å²) in [5, 5.41) is 13.4. The molecule has 1 aromatic rings. The number of nitro benzene ring substituents is 1. The van der Waals surface area contributed by atoms with E-state index in [1.807, 2.05) is 0 Å². The summed E-state index contributed by atoms with van der Waals surface area (Å²) in [6, 6.07) is 2.99. The van der Waals surface area contributed by atoms with Crippen LogP contribution in [0.1, 0.15) is 18.0 Å². The Bertz CT molecular complexity index is 480. The van der Waals surface area contributed by atoms with Crippen molar-refractivity contribution in [1.82, 2.24) is 0 Å². The molecule has 0 N–H and O–H groups in total. The zero-order valence-electron chi connectivity index (χ0n) is 8.83. The molecule has 0 saturated heterocycles. The molecule has 1 rings (SSSR count). The van der Waals surface area contributed by atoms with E-state index in [1.54, 1.807) is 0 Å². The maximum absolute atomic E-state index is 12.2. The van der Waals surface area contributed by atoms with Gasteiger partial charge in [-0.05, 0) is 11.1 Å². The molecular weight excluding hydrogens is 253 g/mol. The molecule has 0 saturated carbocycles. The largest absolute Gasteiger partial charge is 0.389 e. The average molecular weight is 260 g/mol. The Kier molecular flexibility index (Phi) is 4.11. The summed E-state index contributed by atoms with van der Waals surface area (Å²) in [7, 11) is 0. The first kappa shape index (κ1) is 13.8. The van der Waals surface area contributed by atoms with Crippen LogP contribution in [0.25, 0.3) is 10.4 Å². The van der Waals surface area contributed by atoms with Gasteiger partial charge in [0.1, 0.15) is 0 Å². The van der Waals surface area contributed by atoms with E-state index in [9.17, 15) is 23.3 Å². The molecule has 1 aromatic carbocycles. The first-order chi connectivity index (χ1) is 8.33. The van der Waals surface area contributed by atoms with Gasteiger partial charge in [-0.15, -0.1) is 0 Å². The van der Waals surface area contributed by atoms with Crippen LogP contribution in [0.3, 0.4) is 0 Å². The van der Waals surface area contributed by atoms with Gasteiger partial charge in [-0.1, -0.05) is 17.2 Å². The predicted molar refractivity (Wildman–Crippen MR) is 55.7 cm³/mol. The minimum absolute atomic E-state index is 0.0794. The van der Waals surface area contributed by atoms with Gasteiger partial charge in [0.2, 0.25) is 0 Å². The smallest absolute Gasteiger partial charge is 0.258 e. The second-order valence-corrected chi connectivity index (χ2v) is 3.39. The molecule has 9 heteroatoms. The number of alkyl halides is 3. The molecule has 1 unspecified atom stereocenters. The highest BCUT2D eigenvalue weighted by Crippen LogP contribution is 2.32. The van der Waals surface area contributed by atoms with Crippen LogP contribution in [0.4, 0.5) is 18.9 Å². The summed E-state index contributed by atoms with van der Waals surface area (Å²) in [5.41, 5.74) is 8.05. The zero-order chi connectivity index (χ0) is 13.8. The van der Waals surface area contributed by atoms with Gasteiger partial charge in [-0.3, -0.25) is 10.1 Å². The molecule has 0 spiro atoms. The van der Waals surface area contributed by atoms with E-state index in [-0.39, 0.29) is 11.3 Å². The van der Waals surface area contributed by atoms with Crippen molar-refractivity contribution in [3.05, 3.63) is 50.4 Å². The van der Waals surface area contributed by atoms with Crippen LogP contribution in [0.15, 0.2) is 29.4 Å². The van der Waals surface area contributed by atoms with E-state index in [0.717, 1.165) is 24.3 Å². The summed E-state index contributed by atoms with van der Waals surface area (Å²) < 4.78 is 36.7. The molecule has 0 aliphatic heterocycles. The second-order valence-electron chi connectivity index (χ2n) is 3.39. The van der Waals surface area contributed by atoms with Crippen molar-refractivity contribution in [2.45, 2.75) is 18.6 Å². The third kappa shape index (κ3) is 3.95. The highest BCUT2D eigenvalue weighted by atomic mass is 19.4. The van der Waals surface area contributed by atoms with Crippen molar-refractivity contribution in [2.24, 2.45) is 5.11 Å². The Morgan fingerprint density at radius 2 is 1.94 bits per heavy atom. The minimum atomic E-state index is -4.49. The van der Waals surface area contributed by atoms with Gasteiger partial charge >= 0.3 is 6.18 Å². The van der Waals surface area contributed by atoms with Crippen LogP contribution >= 0.6 is 0 Å². The Morgan fingerprint density at radius 1 is 1.39 bits per heavy atom. The first-order valence-electron chi connectivity index (χ1n) is 4.69. The highest BCUT2D eigenvalue weighted by Gasteiger charge is 2.32. The normalized spacial score (nSPS) is 12.6. The van der Waals surface area contributed by atoms with Gasteiger partial charge in [0.15, 0.2) is 0 Å². The van der Waals surface area contributed by atoms with Gasteiger partial charge in [-0.2, -0.15) is 13.2 Å². The number of hydrogen-bond acceptors (Lipinski definition) is 3. The van der Waals surface area contributed by atoms with Crippen molar-refractivity contribution >= 4 is 5.69 Å². The van der Waals surface area contributed by atoms with Crippen LogP contribution in [-0.4, -0.2) is 11.1 Å². The fraction of sp³-hybridized carbons (Fsp3) is 0.333. The van der Waals surface area contributed by atoms with Crippen molar-refractivity contribution < 1.29 is 18.1 Å². The summed E-state index contributed by atoms with van der Waals surface area (Å²) in [6.07, 6.45) is -5.80. The highest BCUT2D eigenvalue weighted by molar-refractivity contribution is 5.34. The lowest BCUT2D eigenvalue weighted by Gasteiger charge is -2.13. The number of nitro groups is 1. The van der Waals surface area contributed by atoms with Crippen LogP contribution in [-0.2, 0) is 0 Å². The SMILES string of the molecule is [N-]=[N+]=NC(CC(F)(F)F)c1ccc([N+](=O)[O-])cc1. The van der Waals surface area contributed by atoms with Crippen molar-refractivity contribution in [2.75, 3.05) is 0 Å². The number of non-ortho nitro benzene ring substituents is 1. The molecule has 96 valence electrons. The van der Waals surface area contributed by atoms with E-state index in [0.29, 0.717) is 0 Å². The predicted octanol–water partition coefficient (Wildman–Crippen LogP) is 3.90. The van der Waals surface area contributed by atoms with Crippen LogP contribution in [0, 0.1) is 10.1 Å². The van der Waals surface area contributed by atoms with Crippen LogP contribution in [0.5, 0.6) is 0 Å². The number of azide groups is 1. The van der Waals surface area contributed by atoms with E-state index in [2.05, 4.69) is 10.0 Å². The van der Waals surface area contributed by atoms with Crippen LogP contribution < -0.4 is 0 Å². The maximum Gasteiger partial charge on any atom is 0.389 e. The lowest BCUT2D eigenvalue weighted by molar-refractivity contribution is -0.384. The third-order valence-corrected chi connectivity index (χ3v) is 2.10. The maximum atomic E-state index is 12.2. The Hall–Kier alpha value is -2.28. The molecule has 0 fully saturated rings. The fourth-order valence-corrected chi connectivity index (χ4v) is 1.33. The molecule has 0 amide bonds. The number of rotatable bonds is 4. The van der Waals surface area contributed by atoms with Gasteiger partial charge < -0.3 is 0 Å².